The van der Waals surface area contributed by atoms with E-state index in [1.54, 1.807) is 6.20 Å². The number of imidazole rings is 1. The van der Waals surface area contributed by atoms with E-state index < -0.39 is 0 Å². The molecule has 1 atom stereocenters. The summed E-state index contributed by atoms with van der Waals surface area (Å²) in [5.41, 5.74) is 3.53. The van der Waals surface area contributed by atoms with Crippen LogP contribution >= 0.6 is 23.2 Å². The quantitative estimate of drug-likeness (QED) is 0.318. The zero-order chi connectivity index (χ0) is 23.2. The second-order valence-corrected chi connectivity index (χ2v) is 8.74. The van der Waals surface area contributed by atoms with Gasteiger partial charge in [-0.05, 0) is 48.4 Å². The van der Waals surface area contributed by atoms with E-state index in [0.717, 1.165) is 34.5 Å². The first-order valence-electron chi connectivity index (χ1n) is 11.1. The number of rotatable bonds is 9. The molecular weight excluding hydrogens is 455 g/mol. The van der Waals surface area contributed by atoms with E-state index in [9.17, 15) is 4.79 Å². The van der Waals surface area contributed by atoms with E-state index in [4.69, 9.17) is 28.2 Å². The fourth-order valence-electron chi connectivity index (χ4n) is 4.05. The van der Waals surface area contributed by atoms with E-state index in [2.05, 4.69) is 21.8 Å². The zero-order valence-electron chi connectivity index (χ0n) is 18.5. The SMILES string of the molecule is CCCC(C(=O)NCCc1ccccn1)n1c(Cc2c(Cl)cccc2Cl)nc2ccccc21. The fraction of sp³-hybridized carbons (Fsp3) is 0.269. The summed E-state index contributed by atoms with van der Waals surface area (Å²) in [5.74, 6) is 0.743. The van der Waals surface area contributed by atoms with Crippen molar-refractivity contribution in [3.05, 3.63) is 94.0 Å². The van der Waals surface area contributed by atoms with Crippen LogP contribution in [0.15, 0.2) is 66.9 Å². The van der Waals surface area contributed by atoms with Crippen molar-refractivity contribution in [3.8, 4) is 0 Å². The van der Waals surface area contributed by atoms with Crippen LogP contribution in [0.1, 0.15) is 42.9 Å². The highest BCUT2D eigenvalue weighted by Gasteiger charge is 2.25. The van der Waals surface area contributed by atoms with Gasteiger partial charge in [0.05, 0.1) is 11.0 Å². The Labute approximate surface area is 203 Å². The summed E-state index contributed by atoms with van der Waals surface area (Å²) < 4.78 is 2.05. The van der Waals surface area contributed by atoms with Crippen molar-refractivity contribution in [2.24, 2.45) is 0 Å². The van der Waals surface area contributed by atoms with Gasteiger partial charge in [-0.3, -0.25) is 9.78 Å². The molecule has 7 heteroatoms. The van der Waals surface area contributed by atoms with Gasteiger partial charge in [-0.25, -0.2) is 4.98 Å². The average molecular weight is 481 g/mol. The topological polar surface area (TPSA) is 59.8 Å². The summed E-state index contributed by atoms with van der Waals surface area (Å²) in [6.45, 7) is 2.60. The van der Waals surface area contributed by atoms with Gasteiger partial charge in [0.1, 0.15) is 11.9 Å². The minimum absolute atomic E-state index is 0.0255. The summed E-state index contributed by atoms with van der Waals surface area (Å²) in [5, 5.41) is 4.28. The molecule has 0 aliphatic carbocycles. The molecule has 0 aliphatic heterocycles. The molecule has 170 valence electrons. The molecule has 4 aromatic rings. The summed E-state index contributed by atoms with van der Waals surface area (Å²) in [7, 11) is 0. The summed E-state index contributed by atoms with van der Waals surface area (Å²) >= 11 is 12.9. The van der Waals surface area contributed by atoms with Gasteiger partial charge in [0, 0.05) is 41.3 Å². The van der Waals surface area contributed by atoms with Gasteiger partial charge in [0.2, 0.25) is 5.91 Å². The Kier molecular flexibility index (Phi) is 7.63. The van der Waals surface area contributed by atoms with E-state index in [-0.39, 0.29) is 11.9 Å². The molecule has 0 fully saturated rings. The van der Waals surface area contributed by atoms with Crippen LogP contribution in [0.4, 0.5) is 0 Å². The predicted molar refractivity (Wildman–Crippen MR) is 134 cm³/mol. The van der Waals surface area contributed by atoms with Gasteiger partial charge in [-0.1, -0.05) is 60.8 Å². The minimum Gasteiger partial charge on any atom is -0.354 e. The number of nitrogens with zero attached hydrogens (tertiary/aromatic N) is 3. The van der Waals surface area contributed by atoms with Gasteiger partial charge in [-0.2, -0.15) is 0 Å². The number of para-hydroxylation sites is 2. The first-order valence-corrected chi connectivity index (χ1v) is 11.9. The van der Waals surface area contributed by atoms with Crippen molar-refractivity contribution in [2.75, 3.05) is 6.54 Å². The number of carbonyl (C=O) groups is 1. The number of nitrogens with one attached hydrogen (secondary N) is 1. The van der Waals surface area contributed by atoms with Gasteiger partial charge in [0.15, 0.2) is 0 Å². The van der Waals surface area contributed by atoms with Gasteiger partial charge in [-0.15, -0.1) is 0 Å². The number of aromatic nitrogens is 3. The standard InChI is InChI=1S/C26H26Cl2N4O/c1-2-8-24(26(33)30-16-14-18-9-5-6-15-29-18)32-23-13-4-3-12-22(23)31-25(32)17-19-20(27)10-7-11-21(19)28/h3-7,9-13,15,24H,2,8,14,16-17H2,1H3,(H,30,33). The normalized spacial score (nSPS) is 12.1. The Morgan fingerprint density at radius 2 is 1.79 bits per heavy atom. The maximum absolute atomic E-state index is 13.4. The first-order chi connectivity index (χ1) is 16.1. The highest BCUT2D eigenvalue weighted by Crippen LogP contribution is 2.30. The maximum Gasteiger partial charge on any atom is 0.243 e. The summed E-state index contributed by atoms with van der Waals surface area (Å²) in [4.78, 5) is 22.6. The largest absolute Gasteiger partial charge is 0.354 e. The van der Waals surface area contributed by atoms with Crippen molar-refractivity contribution in [2.45, 2.75) is 38.6 Å². The Bertz CT molecular complexity index is 1220. The third-order valence-electron chi connectivity index (χ3n) is 5.65. The van der Waals surface area contributed by atoms with E-state index in [1.807, 2.05) is 60.7 Å². The molecule has 2 aromatic carbocycles. The van der Waals surface area contributed by atoms with Crippen molar-refractivity contribution in [3.63, 3.8) is 0 Å². The predicted octanol–water partition coefficient (Wildman–Crippen LogP) is 6.03. The maximum atomic E-state index is 13.4. The average Bonchev–Trinajstić information content (AvgIpc) is 3.18. The molecule has 1 unspecified atom stereocenters. The molecule has 1 N–H and O–H groups in total. The van der Waals surface area contributed by atoms with Gasteiger partial charge < -0.3 is 9.88 Å². The van der Waals surface area contributed by atoms with Crippen molar-refractivity contribution < 1.29 is 4.79 Å². The van der Waals surface area contributed by atoms with Crippen LogP contribution in [0, 0.1) is 0 Å². The van der Waals surface area contributed by atoms with E-state index >= 15 is 0 Å². The highest BCUT2D eigenvalue weighted by molar-refractivity contribution is 6.36. The lowest BCUT2D eigenvalue weighted by atomic mass is 10.1. The van der Waals surface area contributed by atoms with Crippen LogP contribution in [0.2, 0.25) is 10.0 Å². The molecule has 0 saturated carbocycles. The van der Waals surface area contributed by atoms with Crippen LogP contribution in [0.3, 0.4) is 0 Å². The number of fused-ring (bicyclic) bond motifs is 1. The molecule has 33 heavy (non-hydrogen) atoms. The van der Waals surface area contributed by atoms with Crippen LogP contribution in [0.25, 0.3) is 11.0 Å². The summed E-state index contributed by atoms with van der Waals surface area (Å²) in [6, 6.07) is 18.8. The van der Waals surface area contributed by atoms with Crippen molar-refractivity contribution in [1.29, 1.82) is 0 Å². The second kappa shape index (κ2) is 10.8. The Balaban J connectivity index is 1.65. The number of benzene rings is 2. The van der Waals surface area contributed by atoms with Crippen LogP contribution < -0.4 is 5.32 Å². The molecular formula is C26H26Cl2N4O. The number of halogens is 2. The fourth-order valence-corrected chi connectivity index (χ4v) is 4.59. The molecule has 0 aliphatic rings. The number of hydrogen-bond donors (Lipinski definition) is 1. The molecule has 1 amide bonds. The molecule has 4 rings (SSSR count). The van der Waals surface area contributed by atoms with Crippen LogP contribution in [-0.2, 0) is 17.6 Å². The van der Waals surface area contributed by atoms with Crippen molar-refractivity contribution in [1.82, 2.24) is 19.9 Å². The zero-order valence-corrected chi connectivity index (χ0v) is 20.0. The number of hydrogen-bond acceptors (Lipinski definition) is 3. The lowest BCUT2D eigenvalue weighted by molar-refractivity contribution is -0.124. The van der Waals surface area contributed by atoms with Gasteiger partial charge >= 0.3 is 0 Å². The Hall–Kier alpha value is -2.89. The Morgan fingerprint density at radius 3 is 2.52 bits per heavy atom. The monoisotopic (exact) mass is 480 g/mol. The number of carbonyl (C=O) groups excluding carboxylic acids is 1. The highest BCUT2D eigenvalue weighted by atomic mass is 35.5. The number of pyridine rings is 1. The molecule has 0 saturated heterocycles. The first kappa shape index (κ1) is 23.3. The Morgan fingerprint density at radius 1 is 1.03 bits per heavy atom. The molecule has 2 aromatic heterocycles. The van der Waals surface area contributed by atoms with E-state index in [1.165, 1.54) is 0 Å². The molecule has 5 nitrogen and oxygen atoms in total. The molecule has 0 bridgehead atoms. The van der Waals surface area contributed by atoms with E-state index in [0.29, 0.717) is 35.9 Å². The molecule has 0 spiro atoms. The van der Waals surface area contributed by atoms with Crippen LogP contribution in [0.5, 0.6) is 0 Å². The molecule has 0 radical (unpaired) electrons. The number of amides is 1. The second-order valence-electron chi connectivity index (χ2n) is 7.93. The third kappa shape index (κ3) is 5.37. The van der Waals surface area contributed by atoms with Crippen molar-refractivity contribution >= 4 is 40.1 Å². The smallest absolute Gasteiger partial charge is 0.243 e. The van der Waals surface area contributed by atoms with Gasteiger partial charge in [0.25, 0.3) is 0 Å². The summed E-state index contributed by atoms with van der Waals surface area (Å²) in [6.07, 6.45) is 4.43. The minimum atomic E-state index is -0.387. The lowest BCUT2D eigenvalue weighted by Crippen LogP contribution is -2.34. The molecule has 2 heterocycles. The lowest BCUT2D eigenvalue weighted by Gasteiger charge is -2.21. The van der Waals surface area contributed by atoms with Crippen LogP contribution in [-0.4, -0.2) is 27.0 Å². The third-order valence-corrected chi connectivity index (χ3v) is 6.36.